The van der Waals surface area contributed by atoms with Crippen LogP contribution in [0.4, 0.5) is 17.6 Å². The van der Waals surface area contributed by atoms with Crippen LogP contribution in [0.25, 0.3) is 21.5 Å². The lowest BCUT2D eigenvalue weighted by molar-refractivity contribution is -0.140. The molecule has 3 nitrogen and oxygen atoms in total. The smallest absolute Gasteiger partial charge is 0.434 e. The number of halogens is 4. The molecule has 3 aromatic rings. The molecule has 0 saturated heterocycles. The zero-order valence-corrected chi connectivity index (χ0v) is 11.8. The van der Waals surface area contributed by atoms with Crippen molar-refractivity contribution in [3.63, 3.8) is 0 Å². The molecule has 0 atom stereocenters. The summed E-state index contributed by atoms with van der Waals surface area (Å²) in [4.78, 5) is 7.36. The Hall–Kier alpha value is -2.22. The number of methoxy groups -OCH3 is 1. The van der Waals surface area contributed by atoms with Crippen molar-refractivity contribution < 1.29 is 22.3 Å². The lowest BCUT2D eigenvalue weighted by Gasteiger charge is -2.07. The number of fused-ring (bicyclic) bond motifs is 1. The number of nitrogens with zero attached hydrogens (tertiary/aromatic N) is 2. The SMILES string of the molecule is COc1cccc2n[c]c(-c3nc(C(F)(F)F)cs3)c(F)c12. The number of hydrogen-bond donors (Lipinski definition) is 0. The van der Waals surface area contributed by atoms with Crippen LogP contribution in [0.1, 0.15) is 5.69 Å². The highest BCUT2D eigenvalue weighted by Gasteiger charge is 2.34. The van der Waals surface area contributed by atoms with Crippen molar-refractivity contribution in [1.29, 1.82) is 0 Å². The summed E-state index contributed by atoms with van der Waals surface area (Å²) in [6, 6.07) is 4.73. The van der Waals surface area contributed by atoms with Crippen molar-refractivity contribution in [2.24, 2.45) is 0 Å². The molecule has 2 heterocycles. The van der Waals surface area contributed by atoms with E-state index in [1.54, 1.807) is 18.2 Å². The highest BCUT2D eigenvalue weighted by atomic mass is 32.1. The van der Waals surface area contributed by atoms with Crippen molar-refractivity contribution in [2.75, 3.05) is 7.11 Å². The van der Waals surface area contributed by atoms with Gasteiger partial charge in [-0.15, -0.1) is 11.3 Å². The van der Waals surface area contributed by atoms with Gasteiger partial charge in [0.25, 0.3) is 0 Å². The third-order valence-electron chi connectivity index (χ3n) is 2.96. The van der Waals surface area contributed by atoms with Gasteiger partial charge in [-0.1, -0.05) is 6.07 Å². The Bertz CT molecular complexity index is 844. The predicted molar refractivity (Wildman–Crippen MR) is 73.2 cm³/mol. The van der Waals surface area contributed by atoms with Crippen LogP contribution in [0.5, 0.6) is 5.75 Å². The molecule has 0 aliphatic rings. The molecule has 0 spiro atoms. The summed E-state index contributed by atoms with van der Waals surface area (Å²) in [5.41, 5.74) is -0.980. The molecule has 2 aromatic heterocycles. The van der Waals surface area contributed by atoms with Crippen LogP contribution < -0.4 is 4.74 Å². The zero-order chi connectivity index (χ0) is 15.9. The van der Waals surface area contributed by atoms with Crippen molar-refractivity contribution in [3.8, 4) is 16.3 Å². The van der Waals surface area contributed by atoms with E-state index in [-0.39, 0.29) is 21.7 Å². The average molecular weight is 327 g/mol. The molecule has 0 saturated carbocycles. The summed E-state index contributed by atoms with van der Waals surface area (Å²) < 4.78 is 57.5. The first-order valence-electron chi connectivity index (χ1n) is 5.99. The lowest BCUT2D eigenvalue weighted by atomic mass is 10.1. The predicted octanol–water partition coefficient (Wildman–Crippen LogP) is 4.32. The summed E-state index contributed by atoms with van der Waals surface area (Å²) in [5.74, 6) is -0.518. The van der Waals surface area contributed by atoms with Crippen molar-refractivity contribution in [1.82, 2.24) is 9.97 Å². The van der Waals surface area contributed by atoms with Crippen molar-refractivity contribution in [3.05, 3.63) is 41.3 Å². The molecule has 3 rings (SSSR count). The van der Waals surface area contributed by atoms with Gasteiger partial charge in [0.1, 0.15) is 22.8 Å². The highest BCUT2D eigenvalue weighted by Crippen LogP contribution is 2.36. The zero-order valence-electron chi connectivity index (χ0n) is 11.0. The molecule has 0 amide bonds. The Balaban J connectivity index is 2.20. The molecule has 1 aromatic carbocycles. The number of hydrogen-bond acceptors (Lipinski definition) is 4. The number of ether oxygens (including phenoxy) is 1. The third-order valence-corrected chi connectivity index (χ3v) is 3.82. The first kappa shape index (κ1) is 14.7. The van der Waals surface area contributed by atoms with Gasteiger partial charge in [-0.25, -0.2) is 14.4 Å². The third kappa shape index (κ3) is 2.39. The van der Waals surface area contributed by atoms with Gasteiger partial charge in [-0.2, -0.15) is 13.2 Å². The van der Waals surface area contributed by atoms with E-state index >= 15 is 0 Å². The summed E-state index contributed by atoms with van der Waals surface area (Å²) >= 11 is 0.683. The minimum atomic E-state index is -4.58. The number of alkyl halides is 3. The molecule has 1 radical (unpaired) electrons. The normalized spacial score (nSPS) is 11.9. The number of aromatic nitrogens is 2. The summed E-state index contributed by atoms with van der Waals surface area (Å²) in [6.07, 6.45) is -2.16. The maximum atomic E-state index is 14.6. The van der Waals surface area contributed by atoms with Gasteiger partial charge in [0.15, 0.2) is 5.69 Å². The highest BCUT2D eigenvalue weighted by molar-refractivity contribution is 7.13. The Labute approximate surface area is 126 Å². The number of rotatable bonds is 2. The van der Waals surface area contributed by atoms with E-state index in [9.17, 15) is 17.6 Å². The van der Waals surface area contributed by atoms with Gasteiger partial charge in [0.05, 0.1) is 23.6 Å². The minimum absolute atomic E-state index is 0.0857. The fourth-order valence-corrected chi connectivity index (χ4v) is 2.77. The Kier molecular flexibility index (Phi) is 3.48. The summed E-state index contributed by atoms with van der Waals surface area (Å²) in [7, 11) is 1.37. The lowest BCUT2D eigenvalue weighted by Crippen LogP contribution is -2.05. The van der Waals surface area contributed by atoms with Crippen LogP contribution in [-0.4, -0.2) is 17.1 Å². The fraction of sp³-hybridized carbons (Fsp3) is 0.143. The van der Waals surface area contributed by atoms with E-state index in [2.05, 4.69) is 16.2 Å². The molecular weight excluding hydrogens is 320 g/mol. The van der Waals surface area contributed by atoms with Gasteiger partial charge >= 0.3 is 6.18 Å². The van der Waals surface area contributed by atoms with Gasteiger partial charge in [-0.05, 0) is 12.1 Å². The molecular formula is C14H7F4N2OS. The maximum absolute atomic E-state index is 14.6. The molecule has 0 unspecified atom stereocenters. The number of benzene rings is 1. The van der Waals surface area contributed by atoms with E-state index in [1.165, 1.54) is 7.11 Å². The van der Waals surface area contributed by atoms with Crippen LogP contribution >= 0.6 is 11.3 Å². The molecule has 0 N–H and O–H groups in total. The van der Waals surface area contributed by atoms with E-state index in [0.29, 0.717) is 16.9 Å². The molecule has 0 fully saturated rings. The molecule has 113 valence electrons. The van der Waals surface area contributed by atoms with Crippen LogP contribution in [0, 0.1) is 12.0 Å². The summed E-state index contributed by atoms with van der Waals surface area (Å²) in [6.45, 7) is 0. The maximum Gasteiger partial charge on any atom is 0.434 e. The fourth-order valence-electron chi connectivity index (χ4n) is 1.95. The van der Waals surface area contributed by atoms with Crippen LogP contribution in [-0.2, 0) is 6.18 Å². The minimum Gasteiger partial charge on any atom is -0.496 e. The van der Waals surface area contributed by atoms with Crippen molar-refractivity contribution in [2.45, 2.75) is 6.18 Å². The molecule has 0 aliphatic heterocycles. The van der Waals surface area contributed by atoms with E-state index in [1.807, 2.05) is 0 Å². The topological polar surface area (TPSA) is 35.0 Å². The molecule has 0 aliphatic carbocycles. The van der Waals surface area contributed by atoms with Gasteiger partial charge in [0.2, 0.25) is 0 Å². The van der Waals surface area contributed by atoms with Gasteiger partial charge in [-0.3, -0.25) is 0 Å². The van der Waals surface area contributed by atoms with Crippen LogP contribution in [0.2, 0.25) is 0 Å². The second kappa shape index (κ2) is 5.20. The molecule has 8 heteroatoms. The van der Waals surface area contributed by atoms with E-state index < -0.39 is 17.7 Å². The van der Waals surface area contributed by atoms with Gasteiger partial charge < -0.3 is 4.74 Å². The van der Waals surface area contributed by atoms with Gasteiger partial charge in [0, 0.05) is 5.38 Å². The Morgan fingerprint density at radius 3 is 2.68 bits per heavy atom. The van der Waals surface area contributed by atoms with E-state index in [4.69, 9.17) is 4.74 Å². The largest absolute Gasteiger partial charge is 0.496 e. The Morgan fingerprint density at radius 1 is 1.27 bits per heavy atom. The van der Waals surface area contributed by atoms with Crippen LogP contribution in [0.3, 0.4) is 0 Å². The monoisotopic (exact) mass is 327 g/mol. The summed E-state index contributed by atoms with van der Waals surface area (Å²) in [5, 5.41) is 0.780. The molecule has 0 bridgehead atoms. The average Bonchev–Trinajstić information content (AvgIpc) is 2.96. The first-order valence-corrected chi connectivity index (χ1v) is 6.86. The first-order chi connectivity index (χ1) is 10.4. The second-order valence-electron chi connectivity index (χ2n) is 4.30. The Morgan fingerprint density at radius 2 is 2.05 bits per heavy atom. The standard InChI is InChI=1S/C14H7F4N2OS/c1-21-9-4-2-3-8-11(9)12(15)7(5-19-8)13-20-10(6-22-13)14(16,17)18/h2-4,6H,1H3. The molecule has 22 heavy (non-hydrogen) atoms. The van der Waals surface area contributed by atoms with E-state index in [0.717, 1.165) is 5.38 Å². The number of pyridine rings is 1. The number of thiazole rings is 1. The van der Waals surface area contributed by atoms with Crippen molar-refractivity contribution >= 4 is 22.2 Å². The van der Waals surface area contributed by atoms with Crippen LogP contribution in [0.15, 0.2) is 23.6 Å². The second-order valence-corrected chi connectivity index (χ2v) is 5.16. The quantitative estimate of drug-likeness (QED) is 0.657.